The van der Waals surface area contributed by atoms with Crippen molar-refractivity contribution in [2.24, 2.45) is 0 Å². The molecule has 0 aromatic carbocycles. The summed E-state index contributed by atoms with van der Waals surface area (Å²) in [7, 11) is 0. The van der Waals surface area contributed by atoms with Gasteiger partial charge in [-0.2, -0.15) is 5.10 Å². The molecule has 0 unspecified atom stereocenters. The fourth-order valence-electron chi connectivity index (χ4n) is 1.07. The summed E-state index contributed by atoms with van der Waals surface area (Å²) in [6.07, 6.45) is 1.34. The molecule has 0 aliphatic heterocycles. The lowest BCUT2D eigenvalue weighted by Gasteiger charge is -2.08. The van der Waals surface area contributed by atoms with Crippen molar-refractivity contribution in [3.05, 3.63) is 22.6 Å². The molecule has 0 spiro atoms. The molecule has 0 saturated carbocycles. The second kappa shape index (κ2) is 4.59. The second-order valence-electron chi connectivity index (χ2n) is 3.51. The van der Waals surface area contributed by atoms with E-state index in [1.807, 2.05) is 13.8 Å². The van der Waals surface area contributed by atoms with Crippen LogP contribution in [0.4, 0.5) is 5.69 Å². The molecule has 0 aliphatic rings. The van der Waals surface area contributed by atoms with E-state index in [0.717, 1.165) is 4.68 Å². The fraction of sp³-hybridized carbons (Fsp3) is 0.444. The van der Waals surface area contributed by atoms with E-state index in [0.29, 0.717) is 5.69 Å². The number of amides is 1. The predicted molar refractivity (Wildman–Crippen MR) is 56.2 cm³/mol. The molecule has 0 saturated heterocycles. The lowest BCUT2D eigenvalue weighted by Crippen LogP contribution is -2.36. The van der Waals surface area contributed by atoms with E-state index < -0.39 is 0 Å². The van der Waals surface area contributed by atoms with E-state index >= 15 is 0 Å². The lowest BCUT2D eigenvalue weighted by atomic mass is 10.4. The van der Waals surface area contributed by atoms with Crippen LogP contribution in [0.15, 0.2) is 17.1 Å². The zero-order valence-corrected chi connectivity index (χ0v) is 8.73. The van der Waals surface area contributed by atoms with E-state index in [1.54, 1.807) is 0 Å². The first kappa shape index (κ1) is 11.2. The molecule has 0 aliphatic carbocycles. The molecule has 6 nitrogen and oxygen atoms in total. The molecule has 1 aromatic rings. The SMILES string of the molecule is CC(C)NC(=O)Cn1ncc(N)cc1=O. The fourth-order valence-corrected chi connectivity index (χ4v) is 1.07. The average molecular weight is 210 g/mol. The molecule has 1 rings (SSSR count). The first-order valence-electron chi connectivity index (χ1n) is 4.61. The van der Waals surface area contributed by atoms with Gasteiger partial charge in [0.25, 0.3) is 5.56 Å². The van der Waals surface area contributed by atoms with Gasteiger partial charge in [0, 0.05) is 12.1 Å². The van der Waals surface area contributed by atoms with Gasteiger partial charge in [0.1, 0.15) is 6.54 Å². The molecule has 1 amide bonds. The Hall–Kier alpha value is -1.85. The standard InChI is InChI=1S/C9H14N4O2/c1-6(2)12-8(14)5-13-9(15)3-7(10)4-11-13/h3-4,6H,5,10H2,1-2H3,(H,12,14). The van der Waals surface area contributed by atoms with Gasteiger partial charge in [-0.1, -0.05) is 0 Å². The summed E-state index contributed by atoms with van der Waals surface area (Å²) in [6, 6.07) is 1.28. The van der Waals surface area contributed by atoms with Crippen molar-refractivity contribution in [2.45, 2.75) is 26.4 Å². The van der Waals surface area contributed by atoms with Crippen molar-refractivity contribution in [3.63, 3.8) is 0 Å². The molecule has 15 heavy (non-hydrogen) atoms. The number of carbonyl (C=O) groups is 1. The molecular weight excluding hydrogens is 196 g/mol. The number of rotatable bonds is 3. The normalized spacial score (nSPS) is 10.3. The number of hydrogen-bond acceptors (Lipinski definition) is 4. The second-order valence-corrected chi connectivity index (χ2v) is 3.51. The highest BCUT2D eigenvalue weighted by Crippen LogP contribution is 1.90. The Kier molecular flexibility index (Phi) is 3.43. The van der Waals surface area contributed by atoms with Crippen LogP contribution in [0.1, 0.15) is 13.8 Å². The van der Waals surface area contributed by atoms with Gasteiger partial charge in [-0.3, -0.25) is 9.59 Å². The van der Waals surface area contributed by atoms with Crippen molar-refractivity contribution in [3.8, 4) is 0 Å². The minimum atomic E-state index is -0.381. The van der Waals surface area contributed by atoms with Crippen LogP contribution >= 0.6 is 0 Å². The highest BCUT2D eigenvalue weighted by molar-refractivity contribution is 5.75. The van der Waals surface area contributed by atoms with E-state index in [-0.39, 0.29) is 24.1 Å². The Labute approximate surface area is 87.1 Å². The van der Waals surface area contributed by atoms with Gasteiger partial charge in [0.05, 0.1) is 11.9 Å². The van der Waals surface area contributed by atoms with Crippen LogP contribution in [-0.2, 0) is 11.3 Å². The van der Waals surface area contributed by atoms with Gasteiger partial charge < -0.3 is 11.1 Å². The zero-order chi connectivity index (χ0) is 11.4. The molecular formula is C9H14N4O2. The summed E-state index contributed by atoms with van der Waals surface area (Å²) in [5, 5.41) is 6.41. The summed E-state index contributed by atoms with van der Waals surface area (Å²) in [6.45, 7) is 3.60. The molecule has 6 heteroatoms. The number of carbonyl (C=O) groups excluding carboxylic acids is 1. The maximum absolute atomic E-state index is 11.3. The van der Waals surface area contributed by atoms with Gasteiger partial charge in [-0.05, 0) is 13.8 Å². The van der Waals surface area contributed by atoms with Gasteiger partial charge >= 0.3 is 0 Å². The Morgan fingerprint density at radius 2 is 2.33 bits per heavy atom. The van der Waals surface area contributed by atoms with E-state index in [1.165, 1.54) is 12.3 Å². The van der Waals surface area contributed by atoms with Gasteiger partial charge in [-0.25, -0.2) is 4.68 Å². The minimum Gasteiger partial charge on any atom is -0.397 e. The van der Waals surface area contributed by atoms with E-state index in [4.69, 9.17) is 5.73 Å². The monoisotopic (exact) mass is 210 g/mol. The minimum absolute atomic E-state index is 0.0435. The third kappa shape index (κ3) is 3.41. The molecule has 0 bridgehead atoms. The smallest absolute Gasteiger partial charge is 0.269 e. The zero-order valence-electron chi connectivity index (χ0n) is 8.73. The molecule has 82 valence electrons. The number of anilines is 1. The first-order valence-corrected chi connectivity index (χ1v) is 4.61. The first-order chi connectivity index (χ1) is 6.99. The Bertz CT molecular complexity index is 411. The molecule has 1 heterocycles. The van der Waals surface area contributed by atoms with E-state index in [2.05, 4.69) is 10.4 Å². The van der Waals surface area contributed by atoms with Crippen LogP contribution in [0.25, 0.3) is 0 Å². The number of hydrogen-bond donors (Lipinski definition) is 2. The Balaban J connectivity index is 2.73. The maximum atomic E-state index is 11.3. The lowest BCUT2D eigenvalue weighted by molar-refractivity contribution is -0.122. The summed E-state index contributed by atoms with van der Waals surface area (Å²) >= 11 is 0. The summed E-state index contributed by atoms with van der Waals surface area (Å²) in [5.41, 5.74) is 5.27. The summed E-state index contributed by atoms with van der Waals surface area (Å²) < 4.78 is 1.06. The summed E-state index contributed by atoms with van der Waals surface area (Å²) in [4.78, 5) is 22.6. The topological polar surface area (TPSA) is 90.0 Å². The molecule has 3 N–H and O–H groups in total. The number of nitrogens with zero attached hydrogens (tertiary/aromatic N) is 2. The number of nitrogen functional groups attached to an aromatic ring is 1. The highest BCUT2D eigenvalue weighted by Gasteiger charge is 2.06. The third-order valence-corrected chi connectivity index (χ3v) is 1.63. The molecule has 0 fully saturated rings. The van der Waals surface area contributed by atoms with Gasteiger partial charge in [-0.15, -0.1) is 0 Å². The number of aromatic nitrogens is 2. The molecule has 0 radical (unpaired) electrons. The van der Waals surface area contributed by atoms with Gasteiger partial charge in [0.2, 0.25) is 5.91 Å². The maximum Gasteiger partial charge on any atom is 0.269 e. The Morgan fingerprint density at radius 3 is 2.87 bits per heavy atom. The highest BCUT2D eigenvalue weighted by atomic mass is 16.2. The van der Waals surface area contributed by atoms with Crippen LogP contribution in [0.3, 0.4) is 0 Å². The van der Waals surface area contributed by atoms with Crippen molar-refractivity contribution in [2.75, 3.05) is 5.73 Å². The molecule has 0 atom stereocenters. The van der Waals surface area contributed by atoms with Crippen molar-refractivity contribution < 1.29 is 4.79 Å². The Morgan fingerprint density at radius 1 is 1.67 bits per heavy atom. The van der Waals surface area contributed by atoms with Crippen LogP contribution in [0.2, 0.25) is 0 Å². The predicted octanol–water partition coefficient (Wildman–Crippen LogP) is -0.650. The van der Waals surface area contributed by atoms with Crippen molar-refractivity contribution in [1.29, 1.82) is 0 Å². The number of nitrogens with two attached hydrogens (primary N) is 1. The summed E-state index contributed by atoms with van der Waals surface area (Å²) in [5.74, 6) is -0.246. The van der Waals surface area contributed by atoms with Crippen LogP contribution < -0.4 is 16.6 Å². The van der Waals surface area contributed by atoms with Crippen molar-refractivity contribution in [1.82, 2.24) is 15.1 Å². The van der Waals surface area contributed by atoms with E-state index in [9.17, 15) is 9.59 Å². The van der Waals surface area contributed by atoms with Crippen LogP contribution in [-0.4, -0.2) is 21.7 Å². The van der Waals surface area contributed by atoms with Gasteiger partial charge in [0.15, 0.2) is 0 Å². The third-order valence-electron chi connectivity index (χ3n) is 1.63. The van der Waals surface area contributed by atoms with Crippen molar-refractivity contribution >= 4 is 11.6 Å². The largest absolute Gasteiger partial charge is 0.397 e. The van der Waals surface area contributed by atoms with Crippen LogP contribution in [0, 0.1) is 0 Å². The number of nitrogens with one attached hydrogen (secondary N) is 1. The molecule has 1 aromatic heterocycles. The quantitative estimate of drug-likeness (QED) is 0.693. The average Bonchev–Trinajstić information content (AvgIpc) is 2.08. The van der Waals surface area contributed by atoms with Crippen LogP contribution in [0.5, 0.6) is 0 Å².